The highest BCUT2D eigenvalue weighted by atomic mass is 16.4. The second-order valence-corrected chi connectivity index (χ2v) is 11.5. The van der Waals surface area contributed by atoms with Gasteiger partial charge in [0.15, 0.2) is 0 Å². The number of carboxylic acids is 2. The van der Waals surface area contributed by atoms with E-state index < -0.39 is 11.9 Å². The predicted octanol–water partition coefficient (Wildman–Crippen LogP) is 12.2. The molecule has 2 N–H and O–H groups in total. The van der Waals surface area contributed by atoms with Gasteiger partial charge in [-0.05, 0) is 64.2 Å². The Hall–Kier alpha value is -1.58. The Kier molecular flexibility index (Phi) is 37.9. The minimum absolute atomic E-state index is 0.336. The summed E-state index contributed by atoms with van der Waals surface area (Å²) >= 11 is 0. The number of rotatable bonds is 30. The molecule has 0 bridgehead atoms. The molecule has 0 heterocycles. The number of unbranched alkanes of at least 4 members (excludes halogenated alkanes) is 22. The highest BCUT2D eigenvalue weighted by molar-refractivity contribution is 5.66. The molecular weight excluding hydrogens is 496 g/mol. The zero-order valence-corrected chi connectivity index (χ0v) is 26.8. The Morgan fingerprint density at radius 2 is 0.600 bits per heavy atom. The van der Waals surface area contributed by atoms with E-state index in [1.807, 2.05) is 0 Å². The molecule has 0 rings (SSSR count). The van der Waals surface area contributed by atoms with E-state index in [4.69, 9.17) is 10.2 Å². The molecule has 0 aliphatic rings. The number of hydrogen-bond donors (Lipinski definition) is 2. The summed E-state index contributed by atoms with van der Waals surface area (Å²) in [7, 11) is 0. The Morgan fingerprint density at radius 3 is 0.850 bits per heavy atom. The summed E-state index contributed by atoms with van der Waals surface area (Å²) < 4.78 is 0. The van der Waals surface area contributed by atoms with Crippen LogP contribution in [0.2, 0.25) is 0 Å². The first-order chi connectivity index (χ1) is 19.5. The summed E-state index contributed by atoms with van der Waals surface area (Å²) in [6.07, 6.45) is 42.5. The summed E-state index contributed by atoms with van der Waals surface area (Å²) in [5.74, 6) is -1.32. The van der Waals surface area contributed by atoms with Crippen molar-refractivity contribution in [3.05, 3.63) is 24.3 Å². The van der Waals surface area contributed by atoms with Crippen molar-refractivity contribution in [2.24, 2.45) is 0 Å². The van der Waals surface area contributed by atoms with Crippen LogP contribution >= 0.6 is 0 Å². The first-order valence-corrected chi connectivity index (χ1v) is 17.3. The smallest absolute Gasteiger partial charge is 0.303 e. The standard InChI is InChI=1S/2C18H34O2/c2*1-2-3-4-5-6-7-8-9-10-11-12-13-14-15-16-17-18(19)20/h2*7-8H,2-6,9-17H2,1H3,(H,19,20)/b2*8-7+. The molecule has 0 unspecified atom stereocenters. The van der Waals surface area contributed by atoms with Gasteiger partial charge in [-0.15, -0.1) is 0 Å². The molecule has 0 aromatic heterocycles. The molecular formula is C36H68O4. The van der Waals surface area contributed by atoms with Crippen molar-refractivity contribution in [3.8, 4) is 0 Å². The maximum Gasteiger partial charge on any atom is 0.303 e. The van der Waals surface area contributed by atoms with Crippen molar-refractivity contribution in [2.45, 2.75) is 194 Å². The van der Waals surface area contributed by atoms with Crippen LogP contribution in [-0.4, -0.2) is 22.2 Å². The van der Waals surface area contributed by atoms with Crippen molar-refractivity contribution in [1.29, 1.82) is 0 Å². The molecule has 40 heavy (non-hydrogen) atoms. The molecule has 0 aliphatic heterocycles. The van der Waals surface area contributed by atoms with Gasteiger partial charge in [-0.2, -0.15) is 0 Å². The molecule has 0 saturated carbocycles. The van der Waals surface area contributed by atoms with Crippen molar-refractivity contribution in [2.75, 3.05) is 0 Å². The third-order valence-electron chi connectivity index (χ3n) is 7.30. The van der Waals surface area contributed by atoms with Gasteiger partial charge in [0.1, 0.15) is 0 Å². The lowest BCUT2D eigenvalue weighted by Gasteiger charge is -2.00. The third kappa shape index (κ3) is 43.5. The summed E-state index contributed by atoms with van der Waals surface area (Å²) in [6.45, 7) is 4.50. The molecule has 4 heteroatoms. The molecule has 0 aliphatic carbocycles. The molecule has 0 spiro atoms. The topological polar surface area (TPSA) is 74.6 Å². The second-order valence-electron chi connectivity index (χ2n) is 11.5. The summed E-state index contributed by atoms with van der Waals surface area (Å²) in [6, 6.07) is 0. The van der Waals surface area contributed by atoms with Crippen molar-refractivity contribution in [3.63, 3.8) is 0 Å². The first kappa shape index (κ1) is 40.6. The van der Waals surface area contributed by atoms with E-state index in [9.17, 15) is 9.59 Å². The summed E-state index contributed by atoms with van der Waals surface area (Å²) in [4.78, 5) is 20.7. The predicted molar refractivity (Wildman–Crippen MR) is 174 cm³/mol. The van der Waals surface area contributed by atoms with Crippen LogP contribution in [0.25, 0.3) is 0 Å². The number of hydrogen-bond acceptors (Lipinski definition) is 2. The fourth-order valence-electron chi connectivity index (χ4n) is 4.69. The van der Waals surface area contributed by atoms with Gasteiger partial charge in [0.25, 0.3) is 0 Å². The van der Waals surface area contributed by atoms with Crippen LogP contribution in [0.3, 0.4) is 0 Å². The van der Waals surface area contributed by atoms with Crippen LogP contribution in [-0.2, 0) is 9.59 Å². The lowest BCUT2D eigenvalue weighted by Crippen LogP contribution is -1.93. The third-order valence-corrected chi connectivity index (χ3v) is 7.30. The maximum atomic E-state index is 10.3. The van der Waals surface area contributed by atoms with Gasteiger partial charge in [0, 0.05) is 12.8 Å². The normalized spacial score (nSPS) is 11.2. The average Bonchev–Trinajstić information content (AvgIpc) is 2.93. The molecule has 0 aromatic rings. The SMILES string of the molecule is CCCCCC/C=C/CCCCCCCCCC(=O)O.CCCCCC/C=C/CCCCCCCCCC(=O)O. The van der Waals surface area contributed by atoms with E-state index in [1.165, 1.54) is 141 Å². The van der Waals surface area contributed by atoms with Crippen LogP contribution in [0.4, 0.5) is 0 Å². The van der Waals surface area contributed by atoms with Gasteiger partial charge in [-0.3, -0.25) is 9.59 Å². The highest BCUT2D eigenvalue weighted by Crippen LogP contribution is 2.12. The lowest BCUT2D eigenvalue weighted by molar-refractivity contribution is -0.138. The maximum absolute atomic E-state index is 10.3. The second kappa shape index (κ2) is 37.4. The number of carboxylic acid groups (broad SMARTS) is 2. The molecule has 236 valence electrons. The number of carbonyl (C=O) groups is 2. The van der Waals surface area contributed by atoms with Crippen LogP contribution in [0.15, 0.2) is 24.3 Å². The monoisotopic (exact) mass is 565 g/mol. The molecule has 0 radical (unpaired) electrons. The van der Waals surface area contributed by atoms with Gasteiger partial charge >= 0.3 is 11.9 Å². The van der Waals surface area contributed by atoms with Gasteiger partial charge in [-0.1, -0.05) is 141 Å². The van der Waals surface area contributed by atoms with Gasteiger partial charge in [-0.25, -0.2) is 0 Å². The average molecular weight is 565 g/mol. The number of aliphatic carboxylic acids is 2. The first-order valence-electron chi connectivity index (χ1n) is 17.3. The van der Waals surface area contributed by atoms with Crippen LogP contribution in [0, 0.1) is 0 Å². The fourth-order valence-corrected chi connectivity index (χ4v) is 4.69. The zero-order valence-electron chi connectivity index (χ0n) is 26.8. The van der Waals surface area contributed by atoms with E-state index in [2.05, 4.69) is 38.2 Å². The minimum Gasteiger partial charge on any atom is -0.481 e. The van der Waals surface area contributed by atoms with E-state index >= 15 is 0 Å². The van der Waals surface area contributed by atoms with Gasteiger partial charge in [0.05, 0.1) is 0 Å². The zero-order chi connectivity index (χ0) is 29.8. The minimum atomic E-state index is -0.661. The Balaban J connectivity index is 0. The molecule has 4 nitrogen and oxygen atoms in total. The molecule has 0 saturated heterocycles. The lowest BCUT2D eigenvalue weighted by atomic mass is 10.1. The van der Waals surface area contributed by atoms with E-state index in [0.717, 1.165) is 25.7 Å². The van der Waals surface area contributed by atoms with Gasteiger partial charge < -0.3 is 10.2 Å². The summed E-state index contributed by atoms with van der Waals surface area (Å²) in [5.41, 5.74) is 0. The van der Waals surface area contributed by atoms with Crippen molar-refractivity contribution in [1.82, 2.24) is 0 Å². The van der Waals surface area contributed by atoms with Crippen LogP contribution < -0.4 is 0 Å². The number of allylic oxidation sites excluding steroid dienone is 4. The Labute approximate surface area is 249 Å². The quantitative estimate of drug-likeness (QED) is 0.0672. The Morgan fingerprint density at radius 1 is 0.375 bits per heavy atom. The molecule has 0 amide bonds. The highest BCUT2D eigenvalue weighted by Gasteiger charge is 1.97. The van der Waals surface area contributed by atoms with E-state index in [-0.39, 0.29) is 0 Å². The van der Waals surface area contributed by atoms with Crippen LogP contribution in [0.5, 0.6) is 0 Å². The molecule has 0 atom stereocenters. The summed E-state index contributed by atoms with van der Waals surface area (Å²) in [5, 5.41) is 17.0. The largest absolute Gasteiger partial charge is 0.481 e. The Bertz CT molecular complexity index is 517. The van der Waals surface area contributed by atoms with Crippen LogP contribution in [0.1, 0.15) is 194 Å². The molecule has 0 fully saturated rings. The molecule has 0 aromatic carbocycles. The van der Waals surface area contributed by atoms with Gasteiger partial charge in [0.2, 0.25) is 0 Å². The van der Waals surface area contributed by atoms with Crippen molar-refractivity contribution < 1.29 is 19.8 Å². The van der Waals surface area contributed by atoms with Crippen molar-refractivity contribution >= 4 is 11.9 Å². The fraction of sp³-hybridized carbons (Fsp3) is 0.833. The van der Waals surface area contributed by atoms with E-state index in [0.29, 0.717) is 12.8 Å². The van der Waals surface area contributed by atoms with E-state index in [1.54, 1.807) is 0 Å².